The molecule has 122 valence electrons. The Morgan fingerprint density at radius 1 is 1.30 bits per heavy atom. The van der Waals surface area contributed by atoms with Crippen LogP contribution in [0.1, 0.15) is 29.1 Å². The van der Waals surface area contributed by atoms with Gasteiger partial charge in [-0.1, -0.05) is 18.2 Å². The van der Waals surface area contributed by atoms with Crippen LogP contribution in [0.25, 0.3) is 0 Å². The SMILES string of the molecule is Cc1nc(C)c(C(=O)N[C@](C)(COc2ccccc2)C(=O)O)o1. The number of ether oxygens (including phenoxy) is 1. The van der Waals surface area contributed by atoms with E-state index in [2.05, 4.69) is 10.3 Å². The van der Waals surface area contributed by atoms with Crippen molar-refractivity contribution in [3.05, 3.63) is 47.7 Å². The lowest BCUT2D eigenvalue weighted by atomic mass is 10.0. The molecule has 0 saturated heterocycles. The highest BCUT2D eigenvalue weighted by molar-refractivity contribution is 5.96. The van der Waals surface area contributed by atoms with E-state index in [1.165, 1.54) is 6.92 Å². The van der Waals surface area contributed by atoms with Crippen LogP contribution in [0.15, 0.2) is 34.7 Å². The molecule has 0 unspecified atom stereocenters. The van der Waals surface area contributed by atoms with E-state index >= 15 is 0 Å². The smallest absolute Gasteiger partial charge is 0.332 e. The fraction of sp³-hybridized carbons (Fsp3) is 0.312. The Bertz CT molecular complexity index is 711. The molecule has 1 atom stereocenters. The number of nitrogens with zero attached hydrogens (tertiary/aromatic N) is 1. The van der Waals surface area contributed by atoms with Crippen molar-refractivity contribution in [1.82, 2.24) is 10.3 Å². The number of oxazole rings is 1. The van der Waals surface area contributed by atoms with E-state index in [0.717, 1.165) is 0 Å². The van der Waals surface area contributed by atoms with Gasteiger partial charge >= 0.3 is 5.97 Å². The first-order valence-corrected chi connectivity index (χ1v) is 6.99. The minimum atomic E-state index is -1.61. The molecule has 0 spiro atoms. The number of para-hydroxylation sites is 1. The molecule has 0 aliphatic rings. The first kappa shape index (κ1) is 16.5. The third kappa shape index (κ3) is 3.88. The molecule has 1 heterocycles. The lowest BCUT2D eigenvalue weighted by Crippen LogP contribution is -2.56. The van der Waals surface area contributed by atoms with Crippen LogP contribution in [0, 0.1) is 13.8 Å². The number of nitrogens with one attached hydrogen (secondary N) is 1. The van der Waals surface area contributed by atoms with Gasteiger partial charge in [0, 0.05) is 6.92 Å². The number of aryl methyl sites for hydroxylation is 2. The highest BCUT2D eigenvalue weighted by Crippen LogP contribution is 2.15. The van der Waals surface area contributed by atoms with Crippen LogP contribution < -0.4 is 10.1 Å². The number of aliphatic carboxylic acids is 1. The van der Waals surface area contributed by atoms with E-state index < -0.39 is 17.4 Å². The minimum absolute atomic E-state index is 0.00492. The van der Waals surface area contributed by atoms with Crippen LogP contribution >= 0.6 is 0 Å². The summed E-state index contributed by atoms with van der Waals surface area (Å²) in [5, 5.41) is 11.9. The fourth-order valence-corrected chi connectivity index (χ4v) is 1.94. The first-order chi connectivity index (χ1) is 10.8. The Morgan fingerprint density at radius 3 is 2.48 bits per heavy atom. The summed E-state index contributed by atoms with van der Waals surface area (Å²) in [4.78, 5) is 27.8. The van der Waals surface area contributed by atoms with Gasteiger partial charge in [0.05, 0.1) is 5.69 Å². The zero-order chi connectivity index (χ0) is 17.0. The van der Waals surface area contributed by atoms with Gasteiger partial charge in [0.1, 0.15) is 12.4 Å². The van der Waals surface area contributed by atoms with Crippen molar-refractivity contribution in [1.29, 1.82) is 0 Å². The van der Waals surface area contributed by atoms with E-state index in [4.69, 9.17) is 9.15 Å². The van der Waals surface area contributed by atoms with Crippen LogP contribution in [0.5, 0.6) is 5.75 Å². The molecule has 1 aromatic heterocycles. The highest BCUT2D eigenvalue weighted by Gasteiger charge is 2.37. The maximum atomic E-state index is 12.2. The van der Waals surface area contributed by atoms with Crippen molar-refractivity contribution < 1.29 is 23.8 Å². The maximum absolute atomic E-state index is 12.2. The highest BCUT2D eigenvalue weighted by atomic mass is 16.5. The monoisotopic (exact) mass is 318 g/mol. The number of carbonyl (C=O) groups is 2. The summed E-state index contributed by atoms with van der Waals surface area (Å²) < 4.78 is 10.7. The zero-order valence-corrected chi connectivity index (χ0v) is 13.1. The lowest BCUT2D eigenvalue weighted by Gasteiger charge is -2.25. The molecule has 2 aromatic rings. The average Bonchev–Trinajstić information content (AvgIpc) is 2.85. The summed E-state index contributed by atoms with van der Waals surface area (Å²) in [6.07, 6.45) is 0. The van der Waals surface area contributed by atoms with E-state index in [1.54, 1.807) is 38.1 Å². The van der Waals surface area contributed by atoms with Crippen molar-refractivity contribution >= 4 is 11.9 Å². The second-order valence-corrected chi connectivity index (χ2v) is 5.34. The first-order valence-electron chi connectivity index (χ1n) is 6.99. The minimum Gasteiger partial charge on any atom is -0.491 e. The van der Waals surface area contributed by atoms with Crippen molar-refractivity contribution in [2.75, 3.05) is 6.61 Å². The molecule has 0 saturated carbocycles. The molecule has 1 amide bonds. The standard InChI is InChI=1S/C16H18N2O5/c1-10-13(23-11(2)17-10)14(19)18-16(3,15(20)21)9-22-12-7-5-4-6-8-12/h4-8H,9H2,1-3H3,(H,18,19)(H,20,21)/t16-/m1/s1. The number of carboxylic acid groups (broad SMARTS) is 1. The third-order valence-electron chi connectivity index (χ3n) is 3.24. The molecule has 7 heteroatoms. The van der Waals surface area contributed by atoms with Gasteiger partial charge in [-0.15, -0.1) is 0 Å². The Balaban J connectivity index is 2.12. The van der Waals surface area contributed by atoms with Gasteiger partial charge in [0.25, 0.3) is 5.91 Å². The number of amides is 1. The van der Waals surface area contributed by atoms with E-state index in [-0.39, 0.29) is 12.4 Å². The van der Waals surface area contributed by atoms with Crippen LogP contribution in [0.2, 0.25) is 0 Å². The summed E-state index contributed by atoms with van der Waals surface area (Å²) >= 11 is 0. The normalized spacial score (nSPS) is 13.2. The maximum Gasteiger partial charge on any atom is 0.332 e. The topological polar surface area (TPSA) is 102 Å². The van der Waals surface area contributed by atoms with Gasteiger partial charge in [-0.2, -0.15) is 0 Å². The summed E-state index contributed by atoms with van der Waals surface area (Å²) in [6.45, 7) is 4.36. The molecular formula is C16H18N2O5. The van der Waals surface area contributed by atoms with Crippen molar-refractivity contribution in [3.8, 4) is 5.75 Å². The van der Waals surface area contributed by atoms with Gasteiger partial charge in [-0.25, -0.2) is 9.78 Å². The van der Waals surface area contributed by atoms with Gasteiger partial charge in [0.2, 0.25) is 5.76 Å². The summed E-state index contributed by atoms with van der Waals surface area (Å²) in [5.41, 5.74) is -1.21. The molecule has 2 N–H and O–H groups in total. The van der Waals surface area contributed by atoms with E-state index in [1.807, 2.05) is 6.07 Å². The molecule has 1 aromatic carbocycles. The van der Waals surface area contributed by atoms with Crippen molar-refractivity contribution in [2.45, 2.75) is 26.3 Å². The van der Waals surface area contributed by atoms with Crippen molar-refractivity contribution in [2.24, 2.45) is 0 Å². The Labute approximate surface area is 133 Å². The number of aromatic nitrogens is 1. The Morgan fingerprint density at radius 2 is 1.96 bits per heavy atom. The molecule has 0 aliphatic carbocycles. The average molecular weight is 318 g/mol. The van der Waals surface area contributed by atoms with E-state index in [0.29, 0.717) is 17.3 Å². The van der Waals surface area contributed by atoms with Crippen LogP contribution in [-0.4, -0.2) is 34.1 Å². The van der Waals surface area contributed by atoms with Gasteiger partial charge in [0.15, 0.2) is 11.4 Å². The van der Waals surface area contributed by atoms with Crippen LogP contribution in [0.3, 0.4) is 0 Å². The van der Waals surface area contributed by atoms with Gasteiger partial charge in [-0.3, -0.25) is 4.79 Å². The number of carbonyl (C=O) groups excluding carboxylic acids is 1. The summed E-state index contributed by atoms with van der Waals surface area (Å²) in [6, 6.07) is 8.77. The second-order valence-electron chi connectivity index (χ2n) is 5.34. The number of hydrogen-bond acceptors (Lipinski definition) is 5. The molecule has 2 rings (SSSR count). The number of hydrogen-bond donors (Lipinski definition) is 2. The lowest BCUT2D eigenvalue weighted by molar-refractivity contribution is -0.145. The van der Waals surface area contributed by atoms with Crippen LogP contribution in [0.4, 0.5) is 0 Å². The second kappa shape index (κ2) is 6.51. The summed E-state index contributed by atoms with van der Waals surface area (Å²) in [7, 11) is 0. The predicted octanol–water partition coefficient (Wildman–Crippen LogP) is 1.94. The molecule has 0 bridgehead atoms. The van der Waals surface area contributed by atoms with Gasteiger partial charge in [-0.05, 0) is 26.0 Å². The Kier molecular flexibility index (Phi) is 4.68. The third-order valence-corrected chi connectivity index (χ3v) is 3.24. The largest absolute Gasteiger partial charge is 0.491 e. The zero-order valence-electron chi connectivity index (χ0n) is 13.1. The molecule has 0 radical (unpaired) electrons. The quantitative estimate of drug-likeness (QED) is 0.844. The fourth-order valence-electron chi connectivity index (χ4n) is 1.94. The summed E-state index contributed by atoms with van der Waals surface area (Å²) in [5.74, 6) is -1.01. The number of carboxylic acids is 1. The molecule has 7 nitrogen and oxygen atoms in total. The van der Waals surface area contributed by atoms with E-state index in [9.17, 15) is 14.7 Å². The molecule has 0 fully saturated rings. The van der Waals surface area contributed by atoms with Crippen molar-refractivity contribution in [3.63, 3.8) is 0 Å². The Hall–Kier alpha value is -2.83. The molecular weight excluding hydrogens is 300 g/mol. The van der Waals surface area contributed by atoms with Gasteiger partial charge < -0.3 is 19.6 Å². The predicted molar refractivity (Wildman–Crippen MR) is 81.4 cm³/mol. The number of benzene rings is 1. The number of rotatable bonds is 6. The molecule has 23 heavy (non-hydrogen) atoms. The molecule has 0 aliphatic heterocycles. The van der Waals surface area contributed by atoms with Crippen LogP contribution in [-0.2, 0) is 4.79 Å².